The Balaban J connectivity index is 2.74. The van der Waals surface area contributed by atoms with Crippen molar-refractivity contribution in [2.45, 2.75) is 50.3 Å². The normalized spacial score (nSPS) is 37.4. The van der Waals surface area contributed by atoms with Gasteiger partial charge in [0.1, 0.15) is 0 Å². The number of hydrogen-bond donors (Lipinski definition) is 1. The standard InChI is InChI=1S/C12H20Cl3NO2/c1-5-9-7(3)6(2)8(4)10(17-9)18-11(16)12(13,14)15/h6-10,16H,5H2,1-4H3/t6-,7+,8?,9?,10-/m0/s1. The van der Waals surface area contributed by atoms with Crippen LogP contribution in [-0.2, 0) is 9.47 Å². The van der Waals surface area contributed by atoms with Gasteiger partial charge >= 0.3 is 0 Å². The van der Waals surface area contributed by atoms with Crippen molar-refractivity contribution < 1.29 is 9.47 Å². The van der Waals surface area contributed by atoms with Gasteiger partial charge in [-0.15, -0.1) is 0 Å². The summed E-state index contributed by atoms with van der Waals surface area (Å²) in [7, 11) is 0. The van der Waals surface area contributed by atoms with E-state index in [4.69, 9.17) is 49.7 Å². The van der Waals surface area contributed by atoms with Crippen LogP contribution in [0.4, 0.5) is 0 Å². The van der Waals surface area contributed by atoms with E-state index >= 15 is 0 Å². The van der Waals surface area contributed by atoms with Crippen LogP contribution in [0.15, 0.2) is 0 Å². The van der Waals surface area contributed by atoms with Gasteiger partial charge in [-0.3, -0.25) is 5.41 Å². The summed E-state index contributed by atoms with van der Waals surface area (Å²) in [6, 6.07) is 0. The predicted molar refractivity (Wildman–Crippen MR) is 75.5 cm³/mol. The minimum atomic E-state index is -1.84. The molecule has 0 saturated carbocycles. The molecule has 0 amide bonds. The quantitative estimate of drug-likeness (QED) is 0.466. The Morgan fingerprint density at radius 3 is 2.17 bits per heavy atom. The van der Waals surface area contributed by atoms with Gasteiger partial charge in [-0.25, -0.2) is 0 Å². The third kappa shape index (κ3) is 3.66. The van der Waals surface area contributed by atoms with Gasteiger partial charge in [-0.2, -0.15) is 0 Å². The highest BCUT2D eigenvalue weighted by molar-refractivity contribution is 6.76. The smallest absolute Gasteiger partial charge is 0.265 e. The Morgan fingerprint density at radius 1 is 1.17 bits per heavy atom. The van der Waals surface area contributed by atoms with E-state index in [-0.39, 0.29) is 17.9 Å². The molecule has 1 fully saturated rings. The van der Waals surface area contributed by atoms with Crippen LogP contribution < -0.4 is 0 Å². The summed E-state index contributed by atoms with van der Waals surface area (Å²) in [4.78, 5) is 0. The van der Waals surface area contributed by atoms with Crippen molar-refractivity contribution in [1.29, 1.82) is 5.41 Å². The van der Waals surface area contributed by atoms with Crippen LogP contribution in [0.2, 0.25) is 0 Å². The molecule has 5 atom stereocenters. The highest BCUT2D eigenvalue weighted by atomic mass is 35.6. The van der Waals surface area contributed by atoms with Gasteiger partial charge in [0.05, 0.1) is 6.10 Å². The minimum Gasteiger partial charge on any atom is -0.448 e. The largest absolute Gasteiger partial charge is 0.448 e. The molecule has 0 bridgehead atoms. The molecular formula is C12H20Cl3NO2. The molecular weight excluding hydrogens is 296 g/mol. The number of ether oxygens (including phenoxy) is 2. The fourth-order valence-corrected chi connectivity index (χ4v) is 2.41. The van der Waals surface area contributed by atoms with Gasteiger partial charge in [0.2, 0.25) is 12.2 Å². The van der Waals surface area contributed by atoms with Crippen molar-refractivity contribution in [3.8, 4) is 0 Å². The molecule has 106 valence electrons. The summed E-state index contributed by atoms with van der Waals surface area (Å²) >= 11 is 16.8. The van der Waals surface area contributed by atoms with E-state index in [1.165, 1.54) is 0 Å². The molecule has 0 spiro atoms. The lowest BCUT2D eigenvalue weighted by Crippen LogP contribution is -2.47. The first kappa shape index (κ1) is 16.4. The Bertz CT molecular complexity index is 304. The molecule has 0 aromatic heterocycles. The number of alkyl halides is 3. The average molecular weight is 317 g/mol. The van der Waals surface area contributed by atoms with Crippen LogP contribution in [0, 0.1) is 23.2 Å². The first-order valence-corrected chi connectivity index (χ1v) is 7.29. The van der Waals surface area contributed by atoms with E-state index in [2.05, 4.69) is 20.8 Å². The highest BCUT2D eigenvalue weighted by Gasteiger charge is 2.41. The fourth-order valence-electron chi connectivity index (χ4n) is 2.27. The second-order valence-electron chi connectivity index (χ2n) is 4.97. The maximum atomic E-state index is 7.61. The third-order valence-corrected chi connectivity index (χ3v) is 4.39. The maximum Gasteiger partial charge on any atom is 0.265 e. The molecule has 0 radical (unpaired) electrons. The van der Waals surface area contributed by atoms with Gasteiger partial charge in [0.15, 0.2) is 0 Å². The summed E-state index contributed by atoms with van der Waals surface area (Å²) in [6.45, 7) is 8.44. The monoisotopic (exact) mass is 315 g/mol. The van der Waals surface area contributed by atoms with Crippen LogP contribution in [0.3, 0.4) is 0 Å². The fraction of sp³-hybridized carbons (Fsp3) is 0.917. The predicted octanol–water partition coefficient (Wildman–Crippen LogP) is 4.39. The number of nitrogens with one attached hydrogen (secondary N) is 1. The minimum absolute atomic E-state index is 0.115. The van der Waals surface area contributed by atoms with Crippen molar-refractivity contribution >= 4 is 40.7 Å². The van der Waals surface area contributed by atoms with Crippen LogP contribution >= 0.6 is 34.8 Å². The first-order valence-electron chi connectivity index (χ1n) is 6.16. The van der Waals surface area contributed by atoms with Crippen molar-refractivity contribution in [2.24, 2.45) is 17.8 Å². The van der Waals surface area contributed by atoms with Gasteiger partial charge in [0, 0.05) is 5.92 Å². The zero-order valence-corrected chi connectivity index (χ0v) is 13.3. The highest BCUT2D eigenvalue weighted by Crippen LogP contribution is 2.38. The summed E-state index contributed by atoms with van der Waals surface area (Å²) in [6.07, 6.45) is 0.493. The molecule has 1 heterocycles. The van der Waals surface area contributed by atoms with Crippen molar-refractivity contribution in [3.05, 3.63) is 0 Å². The molecule has 1 rings (SSSR count). The molecule has 2 unspecified atom stereocenters. The maximum absolute atomic E-state index is 7.61. The molecule has 0 aromatic rings. The molecule has 6 heteroatoms. The number of rotatable bonds is 2. The molecule has 1 saturated heterocycles. The molecule has 1 aliphatic rings. The third-order valence-electron chi connectivity index (χ3n) is 3.88. The summed E-state index contributed by atoms with van der Waals surface area (Å²) < 4.78 is 9.41. The summed E-state index contributed by atoms with van der Waals surface area (Å²) in [5.74, 6) is 0.639. The van der Waals surface area contributed by atoms with Gasteiger partial charge in [-0.05, 0) is 18.3 Å². The molecule has 3 nitrogen and oxygen atoms in total. The molecule has 18 heavy (non-hydrogen) atoms. The molecule has 1 aliphatic heterocycles. The van der Waals surface area contributed by atoms with Crippen molar-refractivity contribution in [3.63, 3.8) is 0 Å². The van der Waals surface area contributed by atoms with Crippen molar-refractivity contribution in [2.75, 3.05) is 0 Å². The van der Waals surface area contributed by atoms with E-state index < -0.39 is 10.1 Å². The lowest BCUT2D eigenvalue weighted by Gasteiger charge is -2.43. The van der Waals surface area contributed by atoms with Crippen LogP contribution in [0.1, 0.15) is 34.1 Å². The first-order chi connectivity index (χ1) is 8.18. The second kappa shape index (κ2) is 6.17. The van der Waals surface area contributed by atoms with E-state index in [1.54, 1.807) is 0 Å². The van der Waals surface area contributed by atoms with Crippen LogP contribution in [0.5, 0.6) is 0 Å². The SMILES string of the molecule is CCC1O[C@@H](OC(=N)C(Cl)(Cl)Cl)C(C)[C@@H](C)[C@H]1C. The Labute approximate surface area is 124 Å². The topological polar surface area (TPSA) is 42.3 Å². The van der Waals surface area contributed by atoms with Crippen LogP contribution in [0.25, 0.3) is 0 Å². The zero-order valence-electron chi connectivity index (χ0n) is 11.0. The Hall–Kier alpha value is 0.300. The number of halogens is 3. The average Bonchev–Trinajstić information content (AvgIpc) is 2.28. The van der Waals surface area contributed by atoms with E-state index in [9.17, 15) is 0 Å². The van der Waals surface area contributed by atoms with Gasteiger partial charge in [-0.1, -0.05) is 62.5 Å². The lowest BCUT2D eigenvalue weighted by atomic mass is 9.78. The second-order valence-corrected chi connectivity index (χ2v) is 7.25. The van der Waals surface area contributed by atoms with Crippen molar-refractivity contribution in [1.82, 2.24) is 0 Å². The Morgan fingerprint density at radius 2 is 1.72 bits per heavy atom. The lowest BCUT2D eigenvalue weighted by molar-refractivity contribution is -0.218. The summed E-state index contributed by atoms with van der Waals surface area (Å²) in [5.41, 5.74) is 0. The van der Waals surface area contributed by atoms with Gasteiger partial charge in [0.25, 0.3) is 3.79 Å². The molecule has 1 N–H and O–H groups in total. The molecule has 0 aliphatic carbocycles. The summed E-state index contributed by atoms with van der Waals surface area (Å²) in [5, 5.41) is 7.61. The molecule has 0 aromatic carbocycles. The zero-order chi connectivity index (χ0) is 14.1. The number of hydrogen-bond acceptors (Lipinski definition) is 3. The Kier molecular flexibility index (Phi) is 5.60. The van der Waals surface area contributed by atoms with Gasteiger partial charge < -0.3 is 9.47 Å². The van der Waals surface area contributed by atoms with E-state index in [0.29, 0.717) is 11.8 Å². The van der Waals surface area contributed by atoms with E-state index in [0.717, 1.165) is 6.42 Å². The van der Waals surface area contributed by atoms with Crippen LogP contribution in [-0.4, -0.2) is 22.1 Å². The van der Waals surface area contributed by atoms with E-state index in [1.807, 2.05) is 6.92 Å².